The molecule has 1 heterocycles. The zero-order valence-electron chi connectivity index (χ0n) is 12.1. The Balaban J connectivity index is 2.63. The first kappa shape index (κ1) is 15.7. The number of aliphatic hydroxyl groups excluding tert-OH is 1. The van der Waals surface area contributed by atoms with Gasteiger partial charge in [0.05, 0.1) is 24.8 Å². The third kappa shape index (κ3) is 4.33. The molecule has 1 rings (SSSR count). The van der Waals surface area contributed by atoms with Crippen molar-refractivity contribution in [3.63, 3.8) is 0 Å². The minimum atomic E-state index is -0.153. The van der Waals surface area contributed by atoms with E-state index in [0.717, 1.165) is 17.0 Å². The third-order valence-electron chi connectivity index (χ3n) is 3.21. The Labute approximate surface area is 113 Å². The topological polar surface area (TPSA) is 76.4 Å². The molecule has 0 fully saturated rings. The van der Waals surface area contributed by atoms with Crippen molar-refractivity contribution in [2.75, 3.05) is 20.3 Å². The van der Waals surface area contributed by atoms with Gasteiger partial charge in [-0.1, -0.05) is 0 Å². The average molecular weight is 269 g/mol. The van der Waals surface area contributed by atoms with Crippen molar-refractivity contribution in [3.8, 4) is 0 Å². The van der Waals surface area contributed by atoms with Crippen LogP contribution in [0.1, 0.15) is 23.4 Å². The summed E-state index contributed by atoms with van der Waals surface area (Å²) >= 11 is 0. The average Bonchev–Trinajstić information content (AvgIpc) is 2.57. The highest BCUT2D eigenvalue weighted by atomic mass is 16.5. The van der Waals surface area contributed by atoms with E-state index >= 15 is 0 Å². The highest BCUT2D eigenvalue weighted by Gasteiger charge is 2.16. The van der Waals surface area contributed by atoms with Gasteiger partial charge in [0.15, 0.2) is 0 Å². The van der Waals surface area contributed by atoms with Crippen molar-refractivity contribution in [2.24, 2.45) is 7.05 Å². The first-order chi connectivity index (χ1) is 8.99. The van der Waals surface area contributed by atoms with E-state index in [1.807, 2.05) is 20.9 Å². The van der Waals surface area contributed by atoms with E-state index in [2.05, 4.69) is 10.4 Å². The predicted molar refractivity (Wildman–Crippen MR) is 71.9 cm³/mol. The Bertz CT molecular complexity index is 423. The zero-order chi connectivity index (χ0) is 14.4. The van der Waals surface area contributed by atoms with Crippen molar-refractivity contribution < 1.29 is 14.6 Å². The Morgan fingerprint density at radius 3 is 2.68 bits per heavy atom. The van der Waals surface area contributed by atoms with Crippen LogP contribution in [0.2, 0.25) is 0 Å². The molecule has 108 valence electrons. The number of carbonyl (C=O) groups is 1. The van der Waals surface area contributed by atoms with Crippen LogP contribution >= 0.6 is 0 Å². The molecule has 19 heavy (non-hydrogen) atoms. The van der Waals surface area contributed by atoms with Gasteiger partial charge in [0.1, 0.15) is 0 Å². The highest BCUT2D eigenvalue weighted by molar-refractivity contribution is 5.79. The smallest absolute Gasteiger partial charge is 0.224 e. The Morgan fingerprint density at radius 1 is 1.53 bits per heavy atom. The number of rotatable bonds is 7. The van der Waals surface area contributed by atoms with Gasteiger partial charge in [-0.25, -0.2) is 0 Å². The van der Waals surface area contributed by atoms with Crippen molar-refractivity contribution >= 4 is 5.91 Å². The van der Waals surface area contributed by atoms with Gasteiger partial charge >= 0.3 is 0 Å². The Hall–Kier alpha value is -1.40. The van der Waals surface area contributed by atoms with E-state index in [-0.39, 0.29) is 18.6 Å². The lowest BCUT2D eigenvalue weighted by Crippen LogP contribution is -2.39. The fourth-order valence-electron chi connectivity index (χ4n) is 2.07. The van der Waals surface area contributed by atoms with Gasteiger partial charge < -0.3 is 15.2 Å². The maximum atomic E-state index is 12.0. The molecule has 1 unspecified atom stereocenters. The van der Waals surface area contributed by atoms with Crippen LogP contribution in [0.3, 0.4) is 0 Å². The quantitative estimate of drug-likeness (QED) is 0.735. The number of hydrogen-bond donors (Lipinski definition) is 2. The van der Waals surface area contributed by atoms with Crippen LogP contribution in [0.15, 0.2) is 0 Å². The maximum Gasteiger partial charge on any atom is 0.224 e. The lowest BCUT2D eigenvalue weighted by molar-refractivity contribution is -0.121. The molecule has 0 aliphatic rings. The standard InChI is InChI=1S/C13H23N3O3/c1-9-12(10(2)16(3)15-9)7-13(18)14-11(5-6-17)8-19-4/h11,17H,5-8H2,1-4H3,(H,14,18). The van der Waals surface area contributed by atoms with Crippen LogP contribution in [0.25, 0.3) is 0 Å². The number of aromatic nitrogens is 2. The summed E-state index contributed by atoms with van der Waals surface area (Å²) in [6, 6.07) is -0.153. The largest absolute Gasteiger partial charge is 0.396 e. The molecule has 0 saturated heterocycles. The molecule has 2 N–H and O–H groups in total. The van der Waals surface area contributed by atoms with Gasteiger partial charge in [0.25, 0.3) is 0 Å². The second-order valence-electron chi connectivity index (χ2n) is 4.68. The fourth-order valence-corrected chi connectivity index (χ4v) is 2.07. The number of ether oxygens (including phenoxy) is 1. The molecular weight excluding hydrogens is 246 g/mol. The van der Waals surface area contributed by atoms with Gasteiger partial charge in [0.2, 0.25) is 5.91 Å². The number of aliphatic hydroxyl groups is 1. The van der Waals surface area contributed by atoms with Crippen molar-refractivity contribution in [3.05, 3.63) is 17.0 Å². The van der Waals surface area contributed by atoms with E-state index in [4.69, 9.17) is 9.84 Å². The molecule has 6 nitrogen and oxygen atoms in total. The van der Waals surface area contributed by atoms with Crippen LogP contribution in [-0.2, 0) is 23.0 Å². The number of nitrogens with one attached hydrogen (secondary N) is 1. The second-order valence-corrected chi connectivity index (χ2v) is 4.68. The SMILES string of the molecule is COCC(CCO)NC(=O)Cc1c(C)nn(C)c1C. The summed E-state index contributed by atoms with van der Waals surface area (Å²) in [6.07, 6.45) is 0.793. The van der Waals surface area contributed by atoms with Gasteiger partial charge in [-0.2, -0.15) is 5.10 Å². The van der Waals surface area contributed by atoms with Gasteiger partial charge in [-0.15, -0.1) is 0 Å². The second kappa shape index (κ2) is 7.25. The lowest BCUT2D eigenvalue weighted by Gasteiger charge is -2.16. The molecule has 1 aromatic rings. The lowest BCUT2D eigenvalue weighted by atomic mass is 10.1. The normalized spacial score (nSPS) is 12.5. The van der Waals surface area contributed by atoms with Gasteiger partial charge in [-0.3, -0.25) is 9.48 Å². The van der Waals surface area contributed by atoms with Gasteiger partial charge in [-0.05, 0) is 20.3 Å². The molecule has 0 aliphatic carbocycles. The summed E-state index contributed by atoms with van der Waals surface area (Å²) < 4.78 is 6.79. The van der Waals surface area contributed by atoms with Crippen molar-refractivity contribution in [2.45, 2.75) is 32.7 Å². The van der Waals surface area contributed by atoms with E-state index in [1.54, 1.807) is 11.8 Å². The van der Waals surface area contributed by atoms with Crippen LogP contribution < -0.4 is 5.32 Å². The number of amides is 1. The molecule has 0 aliphatic heterocycles. The fraction of sp³-hybridized carbons (Fsp3) is 0.692. The number of hydrogen-bond acceptors (Lipinski definition) is 4. The maximum absolute atomic E-state index is 12.0. The molecule has 0 radical (unpaired) electrons. The van der Waals surface area contributed by atoms with E-state index in [0.29, 0.717) is 19.4 Å². The van der Waals surface area contributed by atoms with Crippen LogP contribution in [0.4, 0.5) is 0 Å². The molecule has 6 heteroatoms. The minimum absolute atomic E-state index is 0.0270. The zero-order valence-corrected chi connectivity index (χ0v) is 12.1. The van der Waals surface area contributed by atoms with Gasteiger partial charge in [0, 0.05) is 32.0 Å². The van der Waals surface area contributed by atoms with Crippen molar-refractivity contribution in [1.82, 2.24) is 15.1 Å². The Morgan fingerprint density at radius 2 is 2.21 bits per heavy atom. The van der Waals surface area contributed by atoms with E-state index in [1.165, 1.54) is 0 Å². The number of aryl methyl sites for hydroxylation is 2. The highest BCUT2D eigenvalue weighted by Crippen LogP contribution is 2.12. The number of nitrogens with zero attached hydrogens (tertiary/aromatic N) is 2. The molecule has 1 amide bonds. The van der Waals surface area contributed by atoms with E-state index < -0.39 is 0 Å². The Kier molecular flexibility index (Phi) is 5.98. The van der Waals surface area contributed by atoms with Crippen molar-refractivity contribution in [1.29, 1.82) is 0 Å². The molecule has 0 saturated carbocycles. The molecular formula is C13H23N3O3. The van der Waals surface area contributed by atoms with Crippen LogP contribution in [0, 0.1) is 13.8 Å². The summed E-state index contributed by atoms with van der Waals surface area (Å²) in [5.74, 6) is -0.0744. The third-order valence-corrected chi connectivity index (χ3v) is 3.21. The minimum Gasteiger partial charge on any atom is -0.396 e. The first-order valence-electron chi connectivity index (χ1n) is 6.37. The summed E-state index contributed by atoms with van der Waals surface area (Å²) in [5, 5.41) is 16.1. The molecule has 0 bridgehead atoms. The summed E-state index contributed by atoms with van der Waals surface area (Å²) in [6.45, 7) is 4.27. The summed E-state index contributed by atoms with van der Waals surface area (Å²) in [4.78, 5) is 12.0. The molecule has 0 aromatic carbocycles. The molecule has 1 atom stereocenters. The summed E-state index contributed by atoms with van der Waals surface area (Å²) in [5.41, 5.74) is 2.83. The number of methoxy groups -OCH3 is 1. The molecule has 0 spiro atoms. The monoisotopic (exact) mass is 269 g/mol. The summed E-state index contributed by atoms with van der Waals surface area (Å²) in [7, 11) is 3.44. The van der Waals surface area contributed by atoms with Crippen LogP contribution in [-0.4, -0.2) is 47.2 Å². The predicted octanol–water partition coefficient (Wildman–Crippen LogP) is 0.0930. The molecule has 1 aromatic heterocycles. The van der Waals surface area contributed by atoms with E-state index in [9.17, 15) is 4.79 Å². The number of carbonyl (C=O) groups excluding carboxylic acids is 1. The first-order valence-corrected chi connectivity index (χ1v) is 6.37. The van der Waals surface area contributed by atoms with Crippen LogP contribution in [0.5, 0.6) is 0 Å².